The van der Waals surface area contributed by atoms with E-state index in [1.54, 1.807) is 20.0 Å². The third-order valence-corrected chi connectivity index (χ3v) is 1.03. The third-order valence-electron chi connectivity index (χ3n) is 1.03. The number of hydrogen-bond acceptors (Lipinski definition) is 0. The van der Waals surface area contributed by atoms with E-state index in [2.05, 4.69) is 28.2 Å². The number of halogens is 2. The van der Waals surface area contributed by atoms with Gasteiger partial charge >= 0.3 is 24.8 Å². The molecule has 0 bridgehead atoms. The van der Waals surface area contributed by atoms with Gasteiger partial charge in [-0.15, -0.1) is 37.4 Å². The summed E-state index contributed by atoms with van der Waals surface area (Å²) in [5.41, 5.74) is 0. The standard InChI is InChI=1S/C5H5.C4H4N.3CH3.CH2.2ClH.Ti/c2*1-2-4-5-3-1;;;;;;;/h1-3H,4H2;1-3,5H;3*1H3;1H2;2*1H;/q5*-1;;;;. The minimum absolute atomic E-state index is 0. The van der Waals surface area contributed by atoms with E-state index in [1.165, 1.54) is 0 Å². The third kappa shape index (κ3) is 31.3. The normalized spacial score (nSPS) is 7.71. The molecule has 4 heteroatoms. The summed E-state index contributed by atoms with van der Waals surface area (Å²) in [7, 11) is 0. The first-order valence-corrected chi connectivity index (χ1v) is 4.67. The Labute approximate surface area is 132 Å². The zero-order valence-electron chi connectivity index (χ0n) is 10.7. The fourth-order valence-electron chi connectivity index (χ4n) is 0.581. The summed E-state index contributed by atoms with van der Waals surface area (Å²) in [5, 5.41) is 0. The van der Waals surface area contributed by atoms with Gasteiger partial charge in [0, 0.05) is 0 Å². The van der Waals surface area contributed by atoms with Crippen LogP contribution < -0.4 is 0 Å². The Morgan fingerprint density at radius 2 is 1.71 bits per heavy atom. The Hall–Kier alpha value is -0.0757. The monoisotopic (exact) mass is 310 g/mol. The van der Waals surface area contributed by atoms with E-state index < -0.39 is 0 Å². The van der Waals surface area contributed by atoms with E-state index in [-0.39, 0.29) is 47.1 Å². The molecule has 1 aromatic heterocycles. The summed E-state index contributed by atoms with van der Waals surface area (Å²) < 4.78 is 0. The fourth-order valence-corrected chi connectivity index (χ4v) is 0.581. The number of rotatable bonds is 0. The van der Waals surface area contributed by atoms with Crippen LogP contribution in [0.15, 0.2) is 36.6 Å². The molecule has 0 radical (unpaired) electrons. The molecule has 0 saturated carbocycles. The molecule has 1 N–H and O–H groups in total. The number of hydrogen-bond donors (Lipinski definition) is 1. The van der Waals surface area contributed by atoms with Crippen LogP contribution in [0.25, 0.3) is 0 Å². The molecular formula is C13H22Cl2NTi-5. The maximum absolute atomic E-state index is 3.25. The van der Waals surface area contributed by atoms with Crippen LogP contribution in [-0.2, 0) is 20.0 Å². The first kappa shape index (κ1) is 36.0. The summed E-state index contributed by atoms with van der Waals surface area (Å²) in [6.45, 7) is 0. The molecule has 0 aliphatic heterocycles. The summed E-state index contributed by atoms with van der Waals surface area (Å²) in [6, 6.07) is 3.71. The van der Waals surface area contributed by atoms with Crippen LogP contribution in [0.4, 0.5) is 0 Å². The van der Waals surface area contributed by atoms with Gasteiger partial charge in [0.15, 0.2) is 0 Å². The maximum Gasteiger partial charge on any atom is -0.108 e. The van der Waals surface area contributed by atoms with Gasteiger partial charge in [-0.2, -0.15) is 24.4 Å². The maximum atomic E-state index is 3.25. The van der Waals surface area contributed by atoms with Crippen LogP contribution in [0.5, 0.6) is 0 Å². The molecule has 0 amide bonds. The van der Waals surface area contributed by atoms with Gasteiger partial charge in [-0.25, -0.2) is 12.2 Å². The van der Waals surface area contributed by atoms with Crippen molar-refractivity contribution in [3.8, 4) is 0 Å². The second-order valence-corrected chi connectivity index (χ2v) is 1.82. The van der Waals surface area contributed by atoms with Crippen LogP contribution in [0.2, 0.25) is 0 Å². The molecule has 0 aromatic carbocycles. The largest absolute Gasteiger partial charge is 0.484 e. The Kier molecular flexibility index (Phi) is 76.2. The number of aromatic nitrogens is 1. The van der Waals surface area contributed by atoms with Crippen molar-refractivity contribution >= 4 is 29.6 Å². The smallest absolute Gasteiger partial charge is 0.108 e. The minimum atomic E-state index is 0. The summed E-state index contributed by atoms with van der Waals surface area (Å²) in [4.78, 5) is 5.99. The van der Waals surface area contributed by atoms with Crippen LogP contribution >= 0.6 is 24.8 Å². The van der Waals surface area contributed by atoms with Crippen LogP contribution in [0.3, 0.4) is 0 Å². The van der Waals surface area contributed by atoms with Gasteiger partial charge in [0.2, 0.25) is 0 Å². The zero-order valence-corrected chi connectivity index (χ0v) is 13.9. The number of nitrogens with one attached hydrogen (secondary N) is 1. The summed E-state index contributed by atoms with van der Waals surface area (Å²) >= 11 is 1.75. The van der Waals surface area contributed by atoms with Gasteiger partial charge in [0.25, 0.3) is 0 Å². The molecule has 102 valence electrons. The van der Waals surface area contributed by atoms with Crippen molar-refractivity contribution < 1.29 is 20.0 Å². The second kappa shape index (κ2) is 36.0. The van der Waals surface area contributed by atoms with Crippen LogP contribution in [-0.4, -0.2) is 9.80 Å². The molecule has 1 aliphatic rings. The Morgan fingerprint density at radius 1 is 1.12 bits per heavy atom. The fraction of sp³-hybridized carbons (Fsp3) is 0.0769. The van der Waals surface area contributed by atoms with Gasteiger partial charge in [0.1, 0.15) is 0 Å². The number of allylic oxidation sites excluding steroid dienone is 4. The van der Waals surface area contributed by atoms with Gasteiger partial charge in [0.05, 0.1) is 0 Å². The first-order valence-electron chi connectivity index (χ1n) is 3.56. The van der Waals surface area contributed by atoms with Gasteiger partial charge < -0.3 is 27.3 Å². The van der Waals surface area contributed by atoms with Crippen LogP contribution in [0, 0.1) is 34.6 Å². The van der Waals surface area contributed by atoms with E-state index in [0.29, 0.717) is 0 Å². The summed E-state index contributed by atoms with van der Waals surface area (Å²) in [6.07, 6.45) is 14.6. The molecule has 0 fully saturated rings. The van der Waals surface area contributed by atoms with E-state index >= 15 is 0 Å². The molecule has 0 spiro atoms. The quantitative estimate of drug-likeness (QED) is 0.544. The SMILES string of the molecule is Cl.Cl.[C-]1=CC=CC1.[CH2]=[Ti].[CH3-].[CH3-].[CH3-].[c-]1ccc[nH]1. The average molecular weight is 311 g/mol. The molecule has 0 atom stereocenters. The van der Waals surface area contributed by atoms with Crippen molar-refractivity contribution in [1.29, 1.82) is 0 Å². The van der Waals surface area contributed by atoms with Crippen molar-refractivity contribution in [2.75, 3.05) is 0 Å². The zero-order chi connectivity index (χ0) is 9.07. The average Bonchev–Trinajstić information content (AvgIpc) is 2.87. The van der Waals surface area contributed by atoms with E-state index in [9.17, 15) is 0 Å². The molecule has 2 rings (SSSR count). The Balaban J connectivity index is -0.0000000247. The topological polar surface area (TPSA) is 15.8 Å². The number of aromatic amines is 1. The van der Waals surface area contributed by atoms with Gasteiger partial charge in [-0.1, -0.05) is 0 Å². The molecule has 1 nitrogen and oxygen atoms in total. The molecular weight excluding hydrogens is 289 g/mol. The summed E-state index contributed by atoms with van der Waals surface area (Å²) in [5.74, 6) is 0. The van der Waals surface area contributed by atoms with Crippen molar-refractivity contribution in [1.82, 2.24) is 4.98 Å². The Morgan fingerprint density at radius 3 is 1.82 bits per heavy atom. The molecule has 0 saturated heterocycles. The van der Waals surface area contributed by atoms with Gasteiger partial charge in [-0.05, 0) is 0 Å². The van der Waals surface area contributed by atoms with E-state index in [4.69, 9.17) is 0 Å². The predicted molar refractivity (Wildman–Crippen MR) is 82.1 cm³/mol. The van der Waals surface area contributed by atoms with Crippen molar-refractivity contribution in [2.24, 2.45) is 0 Å². The predicted octanol–water partition coefficient (Wildman–Crippen LogP) is 4.28. The molecule has 0 unspecified atom stereocenters. The molecule has 17 heavy (non-hydrogen) atoms. The minimum Gasteiger partial charge on any atom is -0.484 e. The molecule has 1 aromatic rings. The van der Waals surface area contributed by atoms with E-state index in [1.807, 2.05) is 30.5 Å². The van der Waals surface area contributed by atoms with Crippen LogP contribution in [0.1, 0.15) is 6.42 Å². The Bertz CT molecular complexity index is 194. The van der Waals surface area contributed by atoms with Gasteiger partial charge in [-0.3, -0.25) is 6.08 Å². The number of H-pyrrole nitrogens is 1. The molecule has 1 aliphatic carbocycles. The second-order valence-electron chi connectivity index (χ2n) is 1.82. The van der Waals surface area contributed by atoms with Crippen molar-refractivity contribution in [3.63, 3.8) is 0 Å². The molecule has 1 heterocycles. The van der Waals surface area contributed by atoms with Crippen molar-refractivity contribution in [3.05, 3.63) is 71.1 Å². The first-order chi connectivity index (χ1) is 6.00. The van der Waals surface area contributed by atoms with E-state index in [0.717, 1.165) is 6.42 Å². The van der Waals surface area contributed by atoms with Crippen molar-refractivity contribution in [2.45, 2.75) is 6.42 Å².